The first-order valence-corrected chi connectivity index (χ1v) is 5.59. The summed E-state index contributed by atoms with van der Waals surface area (Å²) in [6.45, 7) is 2.12. The zero-order chi connectivity index (χ0) is 10.6. The molecule has 0 aliphatic rings. The van der Waals surface area contributed by atoms with E-state index in [1.165, 1.54) is 0 Å². The topological polar surface area (TPSA) is 26.0 Å². The number of nitrogens with two attached hydrogens (primary N) is 1. The second kappa shape index (κ2) is 5.59. The third-order valence-corrected chi connectivity index (χ3v) is 2.90. The lowest BCUT2D eigenvalue weighted by Gasteiger charge is -2.12. The van der Waals surface area contributed by atoms with Crippen molar-refractivity contribution in [1.29, 1.82) is 0 Å². The SMILES string of the molecule is CCCC(N)Cc1c(Cl)cccc1Cl. The van der Waals surface area contributed by atoms with Crippen molar-refractivity contribution in [1.82, 2.24) is 0 Å². The molecule has 14 heavy (non-hydrogen) atoms. The van der Waals surface area contributed by atoms with Gasteiger partial charge in [0.05, 0.1) is 0 Å². The Hall–Kier alpha value is -0.240. The third kappa shape index (κ3) is 3.16. The zero-order valence-corrected chi connectivity index (χ0v) is 9.78. The highest BCUT2D eigenvalue weighted by atomic mass is 35.5. The summed E-state index contributed by atoms with van der Waals surface area (Å²) >= 11 is 12.1. The quantitative estimate of drug-likeness (QED) is 0.842. The van der Waals surface area contributed by atoms with Crippen molar-refractivity contribution in [2.45, 2.75) is 32.2 Å². The van der Waals surface area contributed by atoms with Gasteiger partial charge >= 0.3 is 0 Å². The molecule has 0 spiro atoms. The fourth-order valence-corrected chi connectivity index (χ4v) is 2.01. The van der Waals surface area contributed by atoms with E-state index in [1.807, 2.05) is 18.2 Å². The van der Waals surface area contributed by atoms with Gasteiger partial charge in [0.2, 0.25) is 0 Å². The van der Waals surface area contributed by atoms with Crippen LogP contribution in [0.2, 0.25) is 10.0 Å². The number of hydrogen-bond donors (Lipinski definition) is 1. The molecule has 0 saturated heterocycles. The first kappa shape index (κ1) is 11.8. The van der Waals surface area contributed by atoms with Crippen LogP contribution in [-0.2, 0) is 6.42 Å². The fourth-order valence-electron chi connectivity index (χ4n) is 1.46. The number of rotatable bonds is 4. The van der Waals surface area contributed by atoms with Crippen LogP contribution in [-0.4, -0.2) is 6.04 Å². The average molecular weight is 232 g/mol. The first-order chi connectivity index (χ1) is 6.65. The van der Waals surface area contributed by atoms with Crippen molar-refractivity contribution >= 4 is 23.2 Å². The lowest BCUT2D eigenvalue weighted by molar-refractivity contribution is 0.600. The molecule has 78 valence electrons. The summed E-state index contributed by atoms with van der Waals surface area (Å²) in [6.07, 6.45) is 2.84. The van der Waals surface area contributed by atoms with Gasteiger partial charge in [-0.15, -0.1) is 0 Å². The molecule has 0 aliphatic heterocycles. The second-order valence-electron chi connectivity index (χ2n) is 3.45. The fraction of sp³-hybridized carbons (Fsp3) is 0.455. The minimum absolute atomic E-state index is 0.150. The molecule has 1 rings (SSSR count). The van der Waals surface area contributed by atoms with E-state index in [-0.39, 0.29) is 6.04 Å². The predicted octanol–water partition coefficient (Wildman–Crippen LogP) is 3.66. The average Bonchev–Trinajstić information content (AvgIpc) is 2.12. The van der Waals surface area contributed by atoms with E-state index in [0.717, 1.165) is 24.8 Å². The summed E-state index contributed by atoms with van der Waals surface area (Å²) in [5.74, 6) is 0. The van der Waals surface area contributed by atoms with Gasteiger partial charge in [-0.3, -0.25) is 0 Å². The molecule has 0 aromatic heterocycles. The van der Waals surface area contributed by atoms with E-state index in [0.29, 0.717) is 10.0 Å². The van der Waals surface area contributed by atoms with Crippen LogP contribution in [0.15, 0.2) is 18.2 Å². The maximum Gasteiger partial charge on any atom is 0.0453 e. The van der Waals surface area contributed by atoms with Gasteiger partial charge in [-0.2, -0.15) is 0 Å². The van der Waals surface area contributed by atoms with Crippen LogP contribution in [0.5, 0.6) is 0 Å². The van der Waals surface area contributed by atoms with Gasteiger partial charge in [-0.25, -0.2) is 0 Å². The van der Waals surface area contributed by atoms with Gasteiger partial charge in [0.1, 0.15) is 0 Å². The standard InChI is InChI=1S/C11H15Cl2N/c1-2-4-8(14)7-9-10(12)5-3-6-11(9)13/h3,5-6,8H,2,4,7,14H2,1H3. The van der Waals surface area contributed by atoms with Gasteiger partial charge in [-0.05, 0) is 30.5 Å². The van der Waals surface area contributed by atoms with Crippen molar-refractivity contribution in [3.63, 3.8) is 0 Å². The van der Waals surface area contributed by atoms with Crippen molar-refractivity contribution in [3.8, 4) is 0 Å². The molecule has 1 nitrogen and oxygen atoms in total. The molecule has 1 unspecified atom stereocenters. The maximum atomic E-state index is 6.03. The first-order valence-electron chi connectivity index (χ1n) is 4.83. The van der Waals surface area contributed by atoms with Gasteiger partial charge < -0.3 is 5.73 Å². The molecule has 0 aliphatic carbocycles. The third-order valence-electron chi connectivity index (χ3n) is 2.19. The van der Waals surface area contributed by atoms with Crippen LogP contribution < -0.4 is 5.73 Å². The van der Waals surface area contributed by atoms with Gasteiger partial charge in [0.15, 0.2) is 0 Å². The van der Waals surface area contributed by atoms with Crippen molar-refractivity contribution < 1.29 is 0 Å². The van der Waals surface area contributed by atoms with Crippen molar-refractivity contribution in [3.05, 3.63) is 33.8 Å². The summed E-state index contributed by atoms with van der Waals surface area (Å²) < 4.78 is 0. The molecular formula is C11H15Cl2N. The summed E-state index contributed by atoms with van der Waals surface area (Å²) in [5.41, 5.74) is 6.91. The highest BCUT2D eigenvalue weighted by molar-refractivity contribution is 6.35. The molecule has 0 saturated carbocycles. The summed E-state index contributed by atoms with van der Waals surface area (Å²) in [7, 11) is 0. The molecule has 0 fully saturated rings. The monoisotopic (exact) mass is 231 g/mol. The van der Waals surface area contributed by atoms with Crippen LogP contribution in [0.3, 0.4) is 0 Å². The minimum atomic E-state index is 0.150. The van der Waals surface area contributed by atoms with Crippen LogP contribution in [0.25, 0.3) is 0 Å². The van der Waals surface area contributed by atoms with Crippen LogP contribution in [0, 0.1) is 0 Å². The van der Waals surface area contributed by atoms with Crippen LogP contribution in [0.1, 0.15) is 25.3 Å². The van der Waals surface area contributed by atoms with E-state index in [9.17, 15) is 0 Å². The number of hydrogen-bond acceptors (Lipinski definition) is 1. The Morgan fingerprint density at radius 3 is 2.36 bits per heavy atom. The molecule has 2 N–H and O–H groups in total. The molecule has 0 heterocycles. The second-order valence-corrected chi connectivity index (χ2v) is 4.27. The molecular weight excluding hydrogens is 217 g/mol. The lowest BCUT2D eigenvalue weighted by atomic mass is 10.0. The molecule has 0 radical (unpaired) electrons. The molecule has 1 atom stereocenters. The van der Waals surface area contributed by atoms with Gasteiger partial charge in [0, 0.05) is 16.1 Å². The van der Waals surface area contributed by atoms with E-state index in [1.54, 1.807) is 0 Å². The lowest BCUT2D eigenvalue weighted by Crippen LogP contribution is -2.22. The van der Waals surface area contributed by atoms with E-state index >= 15 is 0 Å². The van der Waals surface area contributed by atoms with Crippen molar-refractivity contribution in [2.75, 3.05) is 0 Å². The number of halogens is 2. The maximum absolute atomic E-state index is 6.03. The van der Waals surface area contributed by atoms with Crippen LogP contribution in [0.4, 0.5) is 0 Å². The van der Waals surface area contributed by atoms with E-state index < -0.39 is 0 Å². The van der Waals surface area contributed by atoms with Gasteiger partial charge in [0.25, 0.3) is 0 Å². The molecule has 3 heteroatoms. The predicted molar refractivity (Wildman–Crippen MR) is 63.0 cm³/mol. The molecule has 1 aromatic carbocycles. The highest BCUT2D eigenvalue weighted by Crippen LogP contribution is 2.25. The Morgan fingerprint density at radius 2 is 1.86 bits per heavy atom. The largest absolute Gasteiger partial charge is 0.327 e. The molecule has 1 aromatic rings. The van der Waals surface area contributed by atoms with Gasteiger partial charge in [-0.1, -0.05) is 42.6 Å². The highest BCUT2D eigenvalue weighted by Gasteiger charge is 2.09. The smallest absolute Gasteiger partial charge is 0.0453 e. The Labute approximate surface area is 95.2 Å². The van der Waals surface area contributed by atoms with E-state index in [2.05, 4.69) is 6.92 Å². The Balaban J connectivity index is 2.75. The van der Waals surface area contributed by atoms with Crippen LogP contribution >= 0.6 is 23.2 Å². The minimum Gasteiger partial charge on any atom is -0.327 e. The zero-order valence-electron chi connectivity index (χ0n) is 8.26. The summed E-state index contributed by atoms with van der Waals surface area (Å²) in [6, 6.07) is 5.69. The Kier molecular flexibility index (Phi) is 4.73. The van der Waals surface area contributed by atoms with Crippen molar-refractivity contribution in [2.24, 2.45) is 5.73 Å². The Bertz CT molecular complexity index is 279. The summed E-state index contributed by atoms with van der Waals surface area (Å²) in [4.78, 5) is 0. The summed E-state index contributed by atoms with van der Waals surface area (Å²) in [5, 5.41) is 1.42. The normalized spacial score (nSPS) is 12.9. The Morgan fingerprint density at radius 1 is 1.29 bits per heavy atom. The molecule has 0 amide bonds. The number of benzene rings is 1. The van der Waals surface area contributed by atoms with E-state index in [4.69, 9.17) is 28.9 Å². The molecule has 0 bridgehead atoms.